The fourth-order valence-electron chi connectivity index (χ4n) is 1.43. The van der Waals surface area contributed by atoms with Crippen LogP contribution in [0.2, 0.25) is 5.02 Å². The second-order valence-electron chi connectivity index (χ2n) is 3.79. The summed E-state index contributed by atoms with van der Waals surface area (Å²) in [6, 6.07) is 8.14. The Hall–Kier alpha value is -2.07. The molecular weight excluding hydrogens is 252 g/mol. The lowest BCUT2D eigenvalue weighted by Gasteiger charge is -2.07. The highest BCUT2D eigenvalue weighted by Gasteiger charge is 2.12. The van der Waals surface area contributed by atoms with Gasteiger partial charge in [-0.05, 0) is 36.8 Å². The van der Waals surface area contributed by atoms with Crippen LogP contribution in [-0.4, -0.2) is 16.0 Å². The van der Waals surface area contributed by atoms with Crippen LogP contribution in [-0.2, 0) is 0 Å². The van der Waals surface area contributed by atoms with Crippen LogP contribution in [0.1, 0.15) is 16.1 Å². The van der Waals surface area contributed by atoms with Crippen molar-refractivity contribution in [1.29, 1.82) is 0 Å². The molecule has 0 aliphatic heterocycles. The lowest BCUT2D eigenvalue weighted by molar-refractivity contribution is 0.101. The van der Waals surface area contributed by atoms with E-state index in [0.29, 0.717) is 10.7 Å². The zero-order valence-corrected chi connectivity index (χ0v) is 10.4. The number of hydrogen-bond donors (Lipinski definition) is 2. The first-order valence-corrected chi connectivity index (χ1v) is 5.67. The molecule has 92 valence electrons. The molecule has 1 aromatic carbocycles. The third-order valence-electron chi connectivity index (χ3n) is 2.43. The number of nitrogens with one attached hydrogen (secondary N) is 1. The number of rotatable bonds is 2. The van der Waals surface area contributed by atoms with Gasteiger partial charge in [0.25, 0.3) is 5.91 Å². The molecule has 5 heteroatoms. The molecule has 0 saturated heterocycles. The van der Waals surface area contributed by atoms with Crippen LogP contribution in [0.4, 0.5) is 5.69 Å². The molecule has 0 fully saturated rings. The largest absolute Gasteiger partial charge is 0.505 e. The van der Waals surface area contributed by atoms with Gasteiger partial charge >= 0.3 is 0 Å². The predicted molar refractivity (Wildman–Crippen MR) is 70.0 cm³/mol. The maximum absolute atomic E-state index is 11.9. The summed E-state index contributed by atoms with van der Waals surface area (Å²) in [6.07, 6.45) is 1.44. The van der Waals surface area contributed by atoms with Gasteiger partial charge in [-0.2, -0.15) is 0 Å². The molecule has 0 radical (unpaired) electrons. The maximum Gasteiger partial charge on any atom is 0.278 e. The average molecular weight is 263 g/mol. The SMILES string of the molecule is Cc1ccc(NC(=O)c2ncccc2O)cc1Cl. The first-order chi connectivity index (χ1) is 8.58. The Morgan fingerprint density at radius 2 is 2.17 bits per heavy atom. The summed E-state index contributed by atoms with van der Waals surface area (Å²) in [6.45, 7) is 1.87. The Bertz CT molecular complexity index is 599. The molecule has 1 heterocycles. The number of benzene rings is 1. The van der Waals surface area contributed by atoms with Crippen LogP contribution in [0.25, 0.3) is 0 Å². The Morgan fingerprint density at radius 3 is 2.83 bits per heavy atom. The van der Waals surface area contributed by atoms with E-state index in [4.69, 9.17) is 11.6 Å². The van der Waals surface area contributed by atoms with E-state index in [1.54, 1.807) is 24.3 Å². The summed E-state index contributed by atoms with van der Waals surface area (Å²) >= 11 is 5.96. The van der Waals surface area contributed by atoms with Crippen molar-refractivity contribution in [2.24, 2.45) is 0 Å². The van der Waals surface area contributed by atoms with Gasteiger partial charge < -0.3 is 10.4 Å². The van der Waals surface area contributed by atoms with Crippen molar-refractivity contribution >= 4 is 23.2 Å². The normalized spacial score (nSPS) is 10.1. The molecule has 4 nitrogen and oxygen atoms in total. The topological polar surface area (TPSA) is 62.2 Å². The van der Waals surface area contributed by atoms with E-state index >= 15 is 0 Å². The standard InChI is InChI=1S/C13H11ClN2O2/c1-8-4-5-9(7-10(8)14)16-13(18)12-11(17)3-2-6-15-12/h2-7,17H,1H3,(H,16,18). The zero-order valence-electron chi connectivity index (χ0n) is 9.64. The van der Waals surface area contributed by atoms with Gasteiger partial charge in [0.05, 0.1) is 0 Å². The number of carbonyl (C=O) groups excluding carboxylic acids is 1. The maximum atomic E-state index is 11.9. The van der Waals surface area contributed by atoms with Gasteiger partial charge in [-0.25, -0.2) is 4.98 Å². The molecule has 2 N–H and O–H groups in total. The third kappa shape index (κ3) is 2.60. The minimum Gasteiger partial charge on any atom is -0.505 e. The quantitative estimate of drug-likeness (QED) is 0.875. The fraction of sp³-hybridized carbons (Fsp3) is 0.0769. The number of aromatic nitrogens is 1. The molecule has 2 aromatic rings. The van der Waals surface area contributed by atoms with Gasteiger partial charge in [-0.15, -0.1) is 0 Å². The minimum absolute atomic E-state index is 0.0193. The minimum atomic E-state index is -0.479. The highest BCUT2D eigenvalue weighted by molar-refractivity contribution is 6.31. The van der Waals surface area contributed by atoms with Crippen LogP contribution >= 0.6 is 11.6 Å². The number of carbonyl (C=O) groups is 1. The molecule has 0 saturated carbocycles. The molecule has 0 atom stereocenters. The Morgan fingerprint density at radius 1 is 1.39 bits per heavy atom. The highest BCUT2D eigenvalue weighted by atomic mass is 35.5. The van der Waals surface area contributed by atoms with Crippen molar-refractivity contribution in [2.45, 2.75) is 6.92 Å². The highest BCUT2D eigenvalue weighted by Crippen LogP contribution is 2.21. The van der Waals surface area contributed by atoms with Crippen molar-refractivity contribution in [1.82, 2.24) is 4.98 Å². The van der Waals surface area contributed by atoms with Crippen molar-refractivity contribution in [3.63, 3.8) is 0 Å². The van der Waals surface area contributed by atoms with Gasteiger partial charge in [-0.1, -0.05) is 17.7 Å². The van der Waals surface area contributed by atoms with Crippen molar-refractivity contribution in [2.75, 3.05) is 5.32 Å². The van der Waals surface area contributed by atoms with E-state index in [-0.39, 0.29) is 11.4 Å². The van der Waals surface area contributed by atoms with E-state index < -0.39 is 5.91 Å². The van der Waals surface area contributed by atoms with E-state index in [9.17, 15) is 9.90 Å². The molecule has 1 aromatic heterocycles. The van der Waals surface area contributed by atoms with E-state index in [1.807, 2.05) is 6.92 Å². The van der Waals surface area contributed by atoms with Crippen molar-refractivity contribution in [3.8, 4) is 5.75 Å². The van der Waals surface area contributed by atoms with Crippen LogP contribution in [0, 0.1) is 6.92 Å². The van der Waals surface area contributed by atoms with Crippen molar-refractivity contribution in [3.05, 3.63) is 52.8 Å². The molecule has 0 bridgehead atoms. The molecule has 2 rings (SSSR count). The molecule has 18 heavy (non-hydrogen) atoms. The summed E-state index contributed by atoms with van der Waals surface area (Å²) in [5.41, 5.74) is 1.46. The van der Waals surface area contributed by atoms with Gasteiger partial charge in [0.1, 0.15) is 5.75 Å². The first-order valence-electron chi connectivity index (χ1n) is 5.29. The third-order valence-corrected chi connectivity index (χ3v) is 2.84. The number of anilines is 1. The van der Waals surface area contributed by atoms with E-state index in [0.717, 1.165) is 5.56 Å². The number of aromatic hydroxyl groups is 1. The van der Waals surface area contributed by atoms with Gasteiger partial charge in [-0.3, -0.25) is 4.79 Å². The lowest BCUT2D eigenvalue weighted by Crippen LogP contribution is -2.13. The van der Waals surface area contributed by atoms with Crippen molar-refractivity contribution < 1.29 is 9.90 Å². The predicted octanol–water partition coefficient (Wildman–Crippen LogP) is 3.00. The van der Waals surface area contributed by atoms with Crippen LogP contribution in [0.5, 0.6) is 5.75 Å². The van der Waals surface area contributed by atoms with Gasteiger partial charge in [0.15, 0.2) is 5.69 Å². The zero-order chi connectivity index (χ0) is 13.1. The molecule has 0 aliphatic rings. The fourth-order valence-corrected chi connectivity index (χ4v) is 1.61. The Kier molecular flexibility index (Phi) is 3.48. The molecule has 0 spiro atoms. The Labute approximate surface area is 109 Å². The van der Waals surface area contributed by atoms with Crippen LogP contribution in [0.15, 0.2) is 36.5 Å². The van der Waals surface area contributed by atoms with E-state index in [2.05, 4.69) is 10.3 Å². The van der Waals surface area contributed by atoms with Crippen LogP contribution in [0.3, 0.4) is 0 Å². The second-order valence-corrected chi connectivity index (χ2v) is 4.20. The number of aryl methyl sites for hydroxylation is 1. The second kappa shape index (κ2) is 5.06. The summed E-state index contributed by atoms with van der Waals surface area (Å²) in [5, 5.41) is 12.7. The molecule has 0 aliphatic carbocycles. The average Bonchev–Trinajstić information content (AvgIpc) is 2.34. The Balaban J connectivity index is 2.22. The first kappa shape index (κ1) is 12.4. The van der Waals surface area contributed by atoms with Crippen LogP contribution < -0.4 is 5.32 Å². The number of pyridine rings is 1. The summed E-state index contributed by atoms with van der Waals surface area (Å²) < 4.78 is 0. The lowest BCUT2D eigenvalue weighted by atomic mass is 10.2. The molecular formula is C13H11ClN2O2. The summed E-state index contributed by atoms with van der Waals surface area (Å²) in [7, 11) is 0. The summed E-state index contributed by atoms with van der Waals surface area (Å²) in [4.78, 5) is 15.7. The van der Waals surface area contributed by atoms with Gasteiger partial charge in [0.2, 0.25) is 0 Å². The number of nitrogens with zero attached hydrogens (tertiary/aromatic N) is 1. The smallest absolute Gasteiger partial charge is 0.278 e. The van der Waals surface area contributed by atoms with Gasteiger partial charge in [0, 0.05) is 16.9 Å². The van der Waals surface area contributed by atoms with E-state index in [1.165, 1.54) is 12.3 Å². The number of amides is 1. The molecule has 0 unspecified atom stereocenters. The summed E-state index contributed by atoms with van der Waals surface area (Å²) in [5.74, 6) is -0.638. The number of halogens is 1. The monoisotopic (exact) mass is 262 g/mol. The molecule has 1 amide bonds. The number of hydrogen-bond acceptors (Lipinski definition) is 3.